The molecule has 5 heteroatoms. The molecule has 4 nitrogen and oxygen atoms in total. The van der Waals surface area contributed by atoms with Gasteiger partial charge in [-0.25, -0.2) is 4.98 Å². The predicted octanol–water partition coefficient (Wildman–Crippen LogP) is 4.01. The number of aromatic amines is 1. The van der Waals surface area contributed by atoms with Crippen molar-refractivity contribution in [2.45, 2.75) is 18.9 Å². The molecule has 2 atom stereocenters. The van der Waals surface area contributed by atoms with E-state index in [0.717, 1.165) is 11.1 Å². The molecule has 4 aliphatic rings. The summed E-state index contributed by atoms with van der Waals surface area (Å²) in [5.74, 6) is 2.31. The van der Waals surface area contributed by atoms with Crippen LogP contribution in [-0.4, -0.2) is 40.6 Å². The van der Waals surface area contributed by atoms with Crippen molar-refractivity contribution < 1.29 is 4.74 Å². The van der Waals surface area contributed by atoms with Gasteiger partial charge in [-0.05, 0) is 30.9 Å². The number of ether oxygens (including phenoxy) is 1. The fraction of sp³-hybridized carbons (Fsp3) is 0.450. The van der Waals surface area contributed by atoms with E-state index in [4.69, 9.17) is 4.74 Å². The molecule has 0 amide bonds. The maximum Gasteiger partial charge on any atom is 0.274 e. The molecule has 5 heterocycles. The Labute approximate surface area is 150 Å². The number of rotatable bonds is 3. The van der Waals surface area contributed by atoms with Gasteiger partial charge < -0.3 is 14.6 Å². The SMILES string of the molecule is c1cc(-c2cnc(OC3C4CC5CC3CN(C5)C4)s2)c2cc[nH]c2c1. The van der Waals surface area contributed by atoms with E-state index in [-0.39, 0.29) is 0 Å². The van der Waals surface area contributed by atoms with Gasteiger partial charge in [-0.3, -0.25) is 0 Å². The van der Waals surface area contributed by atoms with Crippen LogP contribution in [0.25, 0.3) is 21.3 Å². The highest BCUT2D eigenvalue weighted by molar-refractivity contribution is 7.16. The summed E-state index contributed by atoms with van der Waals surface area (Å²) in [4.78, 5) is 11.7. The van der Waals surface area contributed by atoms with Crippen molar-refractivity contribution in [3.05, 3.63) is 36.7 Å². The molecular weight excluding hydrogens is 330 g/mol. The number of nitrogens with zero attached hydrogens (tertiary/aromatic N) is 2. The Kier molecular flexibility index (Phi) is 3.05. The zero-order valence-corrected chi connectivity index (χ0v) is 14.8. The molecule has 1 saturated carbocycles. The maximum absolute atomic E-state index is 6.46. The Morgan fingerprint density at radius 1 is 1.12 bits per heavy atom. The topological polar surface area (TPSA) is 41.1 Å². The monoisotopic (exact) mass is 351 g/mol. The van der Waals surface area contributed by atoms with Gasteiger partial charge in [-0.15, -0.1) is 0 Å². The first-order chi connectivity index (χ1) is 12.3. The highest BCUT2D eigenvalue weighted by atomic mass is 32.1. The lowest BCUT2D eigenvalue weighted by atomic mass is 9.66. The standard InChI is InChI=1S/C20H21N3OS/c1-2-16(15-4-5-21-17(15)3-1)18-8-22-20(25-18)24-19-13-6-12-7-14(19)11-23(9-12)10-13/h1-5,8,12-14,19,21H,6-7,9-11H2. The minimum Gasteiger partial charge on any atom is -0.466 e. The Bertz CT molecular complexity index is 902. The van der Waals surface area contributed by atoms with Gasteiger partial charge in [-0.2, -0.15) is 0 Å². The molecule has 3 aliphatic heterocycles. The summed E-state index contributed by atoms with van der Waals surface area (Å²) in [6, 6.07) is 8.52. The molecule has 7 rings (SSSR count). The number of thiazole rings is 1. The Hall–Kier alpha value is -1.85. The number of benzene rings is 1. The third-order valence-electron chi connectivity index (χ3n) is 6.29. The second-order valence-electron chi connectivity index (χ2n) is 7.89. The molecule has 3 aromatic rings. The molecule has 0 spiro atoms. The van der Waals surface area contributed by atoms with Crippen LogP contribution in [0.5, 0.6) is 5.19 Å². The Morgan fingerprint density at radius 2 is 2.00 bits per heavy atom. The van der Waals surface area contributed by atoms with Crippen molar-refractivity contribution in [3.8, 4) is 15.6 Å². The van der Waals surface area contributed by atoms with E-state index in [2.05, 4.69) is 39.1 Å². The van der Waals surface area contributed by atoms with E-state index in [1.807, 2.05) is 12.4 Å². The molecule has 1 N–H and O–H groups in total. The lowest BCUT2D eigenvalue weighted by Crippen LogP contribution is -2.61. The van der Waals surface area contributed by atoms with E-state index in [1.165, 1.54) is 53.8 Å². The summed E-state index contributed by atoms with van der Waals surface area (Å²) in [5.41, 5.74) is 2.41. The van der Waals surface area contributed by atoms with Crippen LogP contribution in [0.3, 0.4) is 0 Å². The van der Waals surface area contributed by atoms with Gasteiger partial charge in [0.05, 0.1) is 4.88 Å². The number of hydrogen-bond donors (Lipinski definition) is 1. The first-order valence-electron chi connectivity index (χ1n) is 9.25. The van der Waals surface area contributed by atoms with Crippen LogP contribution in [0, 0.1) is 17.8 Å². The summed E-state index contributed by atoms with van der Waals surface area (Å²) in [6.45, 7) is 3.76. The van der Waals surface area contributed by atoms with E-state index in [9.17, 15) is 0 Å². The van der Waals surface area contributed by atoms with Crippen LogP contribution in [0.2, 0.25) is 0 Å². The van der Waals surface area contributed by atoms with E-state index >= 15 is 0 Å². The third-order valence-corrected chi connectivity index (χ3v) is 7.21. The average Bonchev–Trinajstić information content (AvgIpc) is 3.26. The van der Waals surface area contributed by atoms with Gasteiger partial charge in [0.1, 0.15) is 6.10 Å². The second-order valence-corrected chi connectivity index (χ2v) is 8.89. The van der Waals surface area contributed by atoms with Gasteiger partial charge in [0.15, 0.2) is 0 Å². The molecule has 0 radical (unpaired) electrons. The first kappa shape index (κ1) is 14.3. The van der Waals surface area contributed by atoms with Crippen molar-refractivity contribution in [2.24, 2.45) is 17.8 Å². The van der Waals surface area contributed by atoms with Gasteiger partial charge in [0.2, 0.25) is 0 Å². The fourth-order valence-corrected chi connectivity index (χ4v) is 6.26. The van der Waals surface area contributed by atoms with Crippen LogP contribution >= 0.6 is 11.3 Å². The van der Waals surface area contributed by atoms with E-state index in [1.54, 1.807) is 11.3 Å². The molecule has 2 aromatic heterocycles. The van der Waals surface area contributed by atoms with E-state index in [0.29, 0.717) is 17.9 Å². The lowest BCUT2D eigenvalue weighted by molar-refractivity contribution is -0.0985. The van der Waals surface area contributed by atoms with Crippen LogP contribution in [0.1, 0.15) is 12.8 Å². The smallest absolute Gasteiger partial charge is 0.274 e. The van der Waals surface area contributed by atoms with E-state index < -0.39 is 0 Å². The quantitative estimate of drug-likeness (QED) is 0.775. The van der Waals surface area contributed by atoms with Crippen molar-refractivity contribution in [1.82, 2.24) is 14.9 Å². The average molecular weight is 351 g/mol. The first-order valence-corrected chi connectivity index (χ1v) is 10.1. The molecule has 1 aromatic carbocycles. The van der Waals surface area contributed by atoms with Crippen LogP contribution in [0.4, 0.5) is 0 Å². The molecule has 2 unspecified atom stereocenters. The summed E-state index contributed by atoms with van der Waals surface area (Å²) in [7, 11) is 0. The normalized spacial score (nSPS) is 33.2. The summed E-state index contributed by atoms with van der Waals surface area (Å²) in [6.07, 6.45) is 7.03. The fourth-order valence-electron chi connectivity index (χ4n) is 5.41. The molecule has 25 heavy (non-hydrogen) atoms. The number of hydrogen-bond acceptors (Lipinski definition) is 4. The van der Waals surface area contributed by atoms with Gasteiger partial charge in [-0.1, -0.05) is 23.5 Å². The van der Waals surface area contributed by atoms with Gasteiger partial charge in [0.25, 0.3) is 5.19 Å². The van der Waals surface area contributed by atoms with Crippen molar-refractivity contribution in [2.75, 3.05) is 19.6 Å². The van der Waals surface area contributed by atoms with Crippen molar-refractivity contribution in [1.29, 1.82) is 0 Å². The minimum atomic E-state index is 0.370. The zero-order chi connectivity index (χ0) is 16.4. The summed E-state index contributed by atoms with van der Waals surface area (Å²) < 4.78 is 6.46. The minimum absolute atomic E-state index is 0.370. The third kappa shape index (κ3) is 2.26. The maximum atomic E-state index is 6.46. The highest BCUT2D eigenvalue weighted by Crippen LogP contribution is 2.45. The molecule has 4 fully saturated rings. The van der Waals surface area contributed by atoms with Crippen LogP contribution < -0.4 is 4.74 Å². The molecule has 128 valence electrons. The van der Waals surface area contributed by atoms with Gasteiger partial charge >= 0.3 is 0 Å². The lowest BCUT2D eigenvalue weighted by Gasteiger charge is -2.55. The number of nitrogens with one attached hydrogen (secondary N) is 1. The number of piperidine rings is 3. The molecular formula is C20H21N3OS. The molecule has 1 aliphatic carbocycles. The van der Waals surface area contributed by atoms with Crippen molar-refractivity contribution >= 4 is 22.2 Å². The number of H-pyrrole nitrogens is 1. The largest absolute Gasteiger partial charge is 0.466 e. The van der Waals surface area contributed by atoms with Crippen molar-refractivity contribution in [3.63, 3.8) is 0 Å². The predicted molar refractivity (Wildman–Crippen MR) is 100.0 cm³/mol. The summed E-state index contributed by atoms with van der Waals surface area (Å²) in [5, 5.41) is 2.09. The number of fused-ring (bicyclic) bond motifs is 1. The van der Waals surface area contributed by atoms with Crippen LogP contribution in [-0.2, 0) is 0 Å². The zero-order valence-electron chi connectivity index (χ0n) is 14.0. The summed E-state index contributed by atoms with van der Waals surface area (Å²) >= 11 is 1.69. The second kappa shape index (κ2) is 5.32. The molecule has 3 saturated heterocycles. The molecule has 4 bridgehead atoms. The van der Waals surface area contributed by atoms with Gasteiger partial charge in [0, 0.05) is 60.3 Å². The Balaban J connectivity index is 1.28. The Morgan fingerprint density at radius 3 is 2.84 bits per heavy atom. The number of aromatic nitrogens is 2. The highest BCUT2D eigenvalue weighted by Gasteiger charge is 2.48. The van der Waals surface area contributed by atoms with Crippen LogP contribution in [0.15, 0.2) is 36.7 Å².